The fourth-order valence-corrected chi connectivity index (χ4v) is 2.51. The van der Waals surface area contributed by atoms with Crippen LogP contribution < -0.4 is 10.6 Å². The van der Waals surface area contributed by atoms with Crippen LogP contribution in [0.1, 0.15) is 12.0 Å². The minimum absolute atomic E-state index is 0.192. The Morgan fingerprint density at radius 2 is 2.10 bits per heavy atom. The lowest BCUT2D eigenvalue weighted by molar-refractivity contribution is 0.0349. The molecule has 3 heterocycles. The number of anilines is 2. The van der Waals surface area contributed by atoms with Gasteiger partial charge in [0, 0.05) is 31.7 Å². The van der Waals surface area contributed by atoms with Gasteiger partial charge in [-0.25, -0.2) is 15.0 Å². The molecule has 1 atom stereocenters. The van der Waals surface area contributed by atoms with E-state index in [9.17, 15) is 0 Å². The Kier molecular flexibility index (Phi) is 4.25. The third-order valence-electron chi connectivity index (χ3n) is 3.57. The van der Waals surface area contributed by atoms with Crippen molar-refractivity contribution >= 4 is 11.8 Å². The first-order valence-electron chi connectivity index (χ1n) is 7.15. The molecular formula is C15H19N5O. The average Bonchev–Trinajstić information content (AvgIpc) is 2.54. The molecule has 0 aromatic carbocycles. The van der Waals surface area contributed by atoms with Crippen LogP contribution in [0.2, 0.25) is 0 Å². The van der Waals surface area contributed by atoms with Gasteiger partial charge in [-0.15, -0.1) is 0 Å². The average molecular weight is 285 g/mol. The molecule has 1 aliphatic rings. The molecule has 2 aromatic heterocycles. The summed E-state index contributed by atoms with van der Waals surface area (Å²) < 4.78 is 5.84. The van der Waals surface area contributed by atoms with Crippen molar-refractivity contribution in [3.63, 3.8) is 0 Å². The van der Waals surface area contributed by atoms with E-state index in [4.69, 9.17) is 10.5 Å². The Bertz CT molecular complexity index is 577. The Morgan fingerprint density at radius 3 is 2.90 bits per heavy atom. The molecule has 0 radical (unpaired) electrons. The molecule has 0 spiro atoms. The highest BCUT2D eigenvalue weighted by molar-refractivity contribution is 5.32. The number of hydrogen-bond acceptors (Lipinski definition) is 6. The highest BCUT2D eigenvalue weighted by Crippen LogP contribution is 2.16. The number of ether oxygens (including phenoxy) is 1. The van der Waals surface area contributed by atoms with Crippen molar-refractivity contribution in [1.82, 2.24) is 15.0 Å². The Balaban J connectivity index is 1.57. The third kappa shape index (κ3) is 3.66. The summed E-state index contributed by atoms with van der Waals surface area (Å²) in [4.78, 5) is 14.8. The van der Waals surface area contributed by atoms with Gasteiger partial charge in [-0.1, -0.05) is 0 Å². The van der Waals surface area contributed by atoms with E-state index in [0.29, 0.717) is 12.4 Å². The number of aryl methyl sites for hydroxylation is 1. The highest BCUT2D eigenvalue weighted by atomic mass is 16.5. The van der Waals surface area contributed by atoms with Gasteiger partial charge in [0.1, 0.15) is 5.82 Å². The number of aromatic nitrogens is 3. The molecular weight excluding hydrogens is 266 g/mol. The quantitative estimate of drug-likeness (QED) is 0.912. The zero-order valence-corrected chi connectivity index (χ0v) is 11.9. The number of nitrogens with two attached hydrogens (primary N) is 1. The second-order valence-corrected chi connectivity index (χ2v) is 5.12. The summed E-state index contributed by atoms with van der Waals surface area (Å²) >= 11 is 0. The van der Waals surface area contributed by atoms with Crippen molar-refractivity contribution in [2.75, 3.05) is 30.3 Å². The standard InChI is InChI=1S/C15H19N5O/c16-14-10-12(4-7-17-14)2-3-13-11-20(8-9-21-13)15-18-5-1-6-19-15/h1,4-7,10,13H,2-3,8-9,11H2,(H2,16,17). The summed E-state index contributed by atoms with van der Waals surface area (Å²) in [7, 11) is 0. The van der Waals surface area contributed by atoms with E-state index in [1.54, 1.807) is 18.6 Å². The number of hydrogen-bond donors (Lipinski definition) is 1. The van der Waals surface area contributed by atoms with Crippen molar-refractivity contribution in [2.45, 2.75) is 18.9 Å². The van der Waals surface area contributed by atoms with Crippen LogP contribution in [0.4, 0.5) is 11.8 Å². The maximum atomic E-state index is 5.84. The van der Waals surface area contributed by atoms with Gasteiger partial charge in [-0.2, -0.15) is 0 Å². The molecule has 6 nitrogen and oxygen atoms in total. The molecule has 3 rings (SSSR count). The van der Waals surface area contributed by atoms with Crippen molar-refractivity contribution in [1.29, 1.82) is 0 Å². The molecule has 1 saturated heterocycles. The Labute approximate surface area is 124 Å². The van der Waals surface area contributed by atoms with Crippen molar-refractivity contribution in [3.8, 4) is 0 Å². The van der Waals surface area contributed by atoms with E-state index in [-0.39, 0.29) is 6.10 Å². The van der Waals surface area contributed by atoms with Gasteiger partial charge in [0.15, 0.2) is 0 Å². The predicted molar refractivity (Wildman–Crippen MR) is 81.0 cm³/mol. The minimum Gasteiger partial charge on any atom is -0.384 e. The normalized spacial score (nSPS) is 18.7. The van der Waals surface area contributed by atoms with Crippen LogP contribution in [0, 0.1) is 0 Å². The fourth-order valence-electron chi connectivity index (χ4n) is 2.51. The molecule has 1 fully saturated rings. The number of rotatable bonds is 4. The van der Waals surface area contributed by atoms with Crippen LogP contribution in [0.25, 0.3) is 0 Å². The zero-order chi connectivity index (χ0) is 14.5. The smallest absolute Gasteiger partial charge is 0.225 e. The topological polar surface area (TPSA) is 77.2 Å². The predicted octanol–water partition coefficient (Wildman–Crippen LogP) is 1.29. The van der Waals surface area contributed by atoms with Crippen LogP contribution in [-0.2, 0) is 11.2 Å². The van der Waals surface area contributed by atoms with Gasteiger partial charge >= 0.3 is 0 Å². The maximum Gasteiger partial charge on any atom is 0.225 e. The molecule has 0 aliphatic carbocycles. The van der Waals surface area contributed by atoms with Crippen molar-refractivity contribution in [3.05, 3.63) is 42.4 Å². The van der Waals surface area contributed by atoms with E-state index in [0.717, 1.165) is 31.9 Å². The van der Waals surface area contributed by atoms with Gasteiger partial charge in [0.2, 0.25) is 5.95 Å². The van der Waals surface area contributed by atoms with E-state index in [1.165, 1.54) is 5.56 Å². The van der Waals surface area contributed by atoms with Gasteiger partial charge in [0.05, 0.1) is 12.7 Å². The van der Waals surface area contributed by atoms with Crippen LogP contribution in [-0.4, -0.2) is 40.8 Å². The molecule has 0 saturated carbocycles. The van der Waals surface area contributed by atoms with E-state index < -0.39 is 0 Å². The van der Waals surface area contributed by atoms with Gasteiger partial charge in [-0.3, -0.25) is 0 Å². The number of pyridine rings is 1. The molecule has 21 heavy (non-hydrogen) atoms. The Hall–Kier alpha value is -2.21. The lowest BCUT2D eigenvalue weighted by Crippen LogP contribution is -2.43. The van der Waals surface area contributed by atoms with Gasteiger partial charge in [-0.05, 0) is 36.6 Å². The first-order chi connectivity index (χ1) is 10.3. The van der Waals surface area contributed by atoms with E-state index >= 15 is 0 Å². The zero-order valence-electron chi connectivity index (χ0n) is 11.9. The molecule has 1 aliphatic heterocycles. The molecule has 2 N–H and O–H groups in total. The lowest BCUT2D eigenvalue weighted by Gasteiger charge is -2.32. The second-order valence-electron chi connectivity index (χ2n) is 5.12. The number of nitrogen functional groups attached to an aromatic ring is 1. The Morgan fingerprint density at radius 1 is 1.24 bits per heavy atom. The van der Waals surface area contributed by atoms with E-state index in [1.807, 2.05) is 18.2 Å². The summed E-state index contributed by atoms with van der Waals surface area (Å²) in [6.45, 7) is 2.37. The molecule has 0 amide bonds. The molecule has 0 bridgehead atoms. The van der Waals surface area contributed by atoms with Crippen LogP contribution in [0.15, 0.2) is 36.8 Å². The van der Waals surface area contributed by atoms with Gasteiger partial charge < -0.3 is 15.4 Å². The number of morpholine rings is 1. The van der Waals surface area contributed by atoms with Gasteiger partial charge in [0.25, 0.3) is 0 Å². The molecule has 2 aromatic rings. The van der Waals surface area contributed by atoms with Crippen molar-refractivity contribution in [2.24, 2.45) is 0 Å². The highest BCUT2D eigenvalue weighted by Gasteiger charge is 2.21. The summed E-state index contributed by atoms with van der Waals surface area (Å²) in [5.74, 6) is 1.34. The third-order valence-corrected chi connectivity index (χ3v) is 3.57. The van der Waals surface area contributed by atoms with Crippen LogP contribution in [0.3, 0.4) is 0 Å². The summed E-state index contributed by atoms with van der Waals surface area (Å²) in [6, 6.07) is 5.74. The van der Waals surface area contributed by atoms with E-state index in [2.05, 4.69) is 19.9 Å². The largest absolute Gasteiger partial charge is 0.384 e. The summed E-state index contributed by atoms with van der Waals surface area (Å²) in [5, 5.41) is 0. The van der Waals surface area contributed by atoms with Crippen LogP contribution >= 0.6 is 0 Å². The second kappa shape index (κ2) is 6.49. The molecule has 1 unspecified atom stereocenters. The van der Waals surface area contributed by atoms with Crippen molar-refractivity contribution < 1.29 is 4.74 Å². The van der Waals surface area contributed by atoms with Crippen LogP contribution in [0.5, 0.6) is 0 Å². The number of nitrogens with zero attached hydrogens (tertiary/aromatic N) is 4. The lowest BCUT2D eigenvalue weighted by atomic mass is 10.1. The first-order valence-corrected chi connectivity index (χ1v) is 7.15. The summed E-state index contributed by atoms with van der Waals surface area (Å²) in [5.41, 5.74) is 6.89. The monoisotopic (exact) mass is 285 g/mol. The fraction of sp³-hybridized carbons (Fsp3) is 0.400. The minimum atomic E-state index is 0.192. The maximum absolute atomic E-state index is 5.84. The molecule has 6 heteroatoms. The SMILES string of the molecule is Nc1cc(CCC2CN(c3ncccn3)CCO2)ccn1. The molecule has 110 valence electrons. The first kappa shape index (κ1) is 13.8. The summed E-state index contributed by atoms with van der Waals surface area (Å²) in [6.07, 6.45) is 7.36.